The summed E-state index contributed by atoms with van der Waals surface area (Å²) in [7, 11) is 5.55. The zero-order chi connectivity index (χ0) is 35.1. The SMILES string of the molecule is CCc1c(OC(=O)NCC(=O)O)c(CC)c2c(c1OC(=O)NCC(=O)O)C(=O)/C(=C\c1cn(CCCN(C)C)c3ccc(OC)cc13)O2. The number of fused-ring (bicyclic) bond motifs is 2. The van der Waals surface area contributed by atoms with E-state index >= 15 is 0 Å². The molecule has 15 heteroatoms. The third kappa shape index (κ3) is 7.86. The van der Waals surface area contributed by atoms with Gasteiger partial charge in [0.2, 0.25) is 5.78 Å². The first-order valence-electron chi connectivity index (χ1n) is 15.2. The first kappa shape index (κ1) is 35.3. The highest BCUT2D eigenvalue weighted by molar-refractivity contribution is 6.18. The van der Waals surface area contributed by atoms with Gasteiger partial charge in [-0.25, -0.2) is 9.59 Å². The Kier molecular flexibility index (Phi) is 11.3. The first-order chi connectivity index (χ1) is 22.9. The maximum absolute atomic E-state index is 14.1. The van der Waals surface area contributed by atoms with E-state index < -0.39 is 43.0 Å². The van der Waals surface area contributed by atoms with E-state index in [4.69, 9.17) is 29.2 Å². The van der Waals surface area contributed by atoms with Gasteiger partial charge in [0, 0.05) is 40.3 Å². The molecule has 0 radical (unpaired) electrons. The molecule has 0 bridgehead atoms. The molecule has 2 amide bonds. The molecule has 48 heavy (non-hydrogen) atoms. The van der Waals surface area contributed by atoms with Gasteiger partial charge in [0.1, 0.15) is 35.9 Å². The number of benzene rings is 2. The van der Waals surface area contributed by atoms with Crippen molar-refractivity contribution in [2.75, 3.05) is 40.8 Å². The fraction of sp³-hybridized carbons (Fsp3) is 0.364. The van der Waals surface area contributed by atoms with Crippen LogP contribution in [0.4, 0.5) is 9.59 Å². The van der Waals surface area contributed by atoms with E-state index in [1.54, 1.807) is 27.0 Å². The average molecular weight is 667 g/mol. The molecule has 0 saturated heterocycles. The highest BCUT2D eigenvalue weighted by Crippen LogP contribution is 2.49. The predicted molar refractivity (Wildman–Crippen MR) is 173 cm³/mol. The van der Waals surface area contributed by atoms with E-state index in [0.29, 0.717) is 23.4 Å². The molecule has 0 spiro atoms. The van der Waals surface area contributed by atoms with Gasteiger partial charge < -0.3 is 49.3 Å². The van der Waals surface area contributed by atoms with Gasteiger partial charge in [-0.3, -0.25) is 14.4 Å². The molecule has 256 valence electrons. The lowest BCUT2D eigenvalue weighted by molar-refractivity contribution is -0.136. The van der Waals surface area contributed by atoms with Crippen molar-refractivity contribution >= 4 is 46.9 Å². The average Bonchev–Trinajstić information content (AvgIpc) is 3.55. The van der Waals surface area contributed by atoms with Crippen molar-refractivity contribution in [3.63, 3.8) is 0 Å². The molecule has 2 aromatic carbocycles. The van der Waals surface area contributed by atoms with Crippen molar-refractivity contribution in [2.24, 2.45) is 0 Å². The molecule has 0 fully saturated rings. The fourth-order valence-corrected chi connectivity index (χ4v) is 5.35. The number of aryl methyl sites for hydroxylation is 1. The number of amides is 2. The minimum Gasteiger partial charge on any atom is -0.497 e. The van der Waals surface area contributed by atoms with Crippen LogP contribution in [0.15, 0.2) is 30.2 Å². The number of nitrogens with one attached hydrogen (secondary N) is 2. The smallest absolute Gasteiger partial charge is 0.413 e. The number of methoxy groups -OCH3 is 1. The summed E-state index contributed by atoms with van der Waals surface area (Å²) >= 11 is 0. The van der Waals surface area contributed by atoms with Gasteiger partial charge >= 0.3 is 24.1 Å². The Morgan fingerprint density at radius 3 is 2.15 bits per heavy atom. The van der Waals surface area contributed by atoms with Crippen LogP contribution in [0.3, 0.4) is 0 Å². The molecular formula is C33H38N4O11. The zero-order valence-corrected chi connectivity index (χ0v) is 27.3. The lowest BCUT2D eigenvalue weighted by atomic mass is 9.95. The number of aliphatic carboxylic acids is 2. The highest BCUT2D eigenvalue weighted by atomic mass is 16.6. The maximum atomic E-state index is 14.1. The molecule has 2 heterocycles. The van der Waals surface area contributed by atoms with Crippen LogP contribution < -0.4 is 29.6 Å². The third-order valence-electron chi connectivity index (χ3n) is 7.49. The van der Waals surface area contributed by atoms with Crippen LogP contribution in [0.2, 0.25) is 0 Å². The Balaban J connectivity index is 1.86. The van der Waals surface area contributed by atoms with Gasteiger partial charge in [-0.1, -0.05) is 13.8 Å². The molecule has 0 atom stereocenters. The number of ether oxygens (including phenoxy) is 4. The van der Waals surface area contributed by atoms with E-state index in [1.165, 1.54) is 0 Å². The van der Waals surface area contributed by atoms with Crippen LogP contribution in [-0.2, 0) is 29.0 Å². The number of hydrogen-bond donors (Lipinski definition) is 4. The molecule has 3 aromatic rings. The number of carboxylic acids is 2. The van der Waals surface area contributed by atoms with Crippen molar-refractivity contribution in [1.29, 1.82) is 0 Å². The number of ketones is 1. The summed E-state index contributed by atoms with van der Waals surface area (Å²) in [5.74, 6) is -3.10. The van der Waals surface area contributed by atoms with Crippen molar-refractivity contribution in [2.45, 2.75) is 39.7 Å². The second kappa shape index (κ2) is 15.3. The minimum absolute atomic E-state index is 0.0136. The van der Waals surface area contributed by atoms with Crippen molar-refractivity contribution in [1.82, 2.24) is 20.1 Å². The Hall–Kier alpha value is -5.57. The van der Waals surface area contributed by atoms with E-state index in [0.717, 1.165) is 23.9 Å². The number of allylic oxidation sites excluding steroid dienone is 1. The minimum atomic E-state index is -1.32. The first-order valence-corrected chi connectivity index (χ1v) is 15.2. The molecule has 0 saturated carbocycles. The number of carboxylic acid groups (broad SMARTS) is 2. The van der Waals surface area contributed by atoms with E-state index in [1.807, 2.05) is 38.5 Å². The zero-order valence-electron chi connectivity index (χ0n) is 27.3. The second-order valence-corrected chi connectivity index (χ2v) is 11.1. The Morgan fingerprint density at radius 1 is 0.958 bits per heavy atom. The topological polar surface area (TPSA) is 195 Å². The third-order valence-corrected chi connectivity index (χ3v) is 7.49. The van der Waals surface area contributed by atoms with Gasteiger partial charge in [0.25, 0.3) is 0 Å². The summed E-state index contributed by atoms with van der Waals surface area (Å²) in [5.41, 5.74) is 1.90. The Bertz CT molecular complexity index is 1790. The molecule has 1 aliphatic rings. The van der Waals surface area contributed by atoms with Crippen LogP contribution in [0.1, 0.15) is 47.3 Å². The standard InChI is InChI=1S/C33H38N4O11/c1-6-20-29(47-32(43)34-15-25(38)39)21(7-2)31(48-33(44)35-16-26(40)41)27-28(42)24(46-30(20)27)13-18-17-37(12-8-11-36(3)4)23-10-9-19(45-5)14-22(18)23/h9-10,13-14,17H,6-8,11-12,15-16H2,1-5H3,(H,34,43)(H,35,44)(H,38,39)(H,40,41)/b24-13+. The van der Waals surface area contributed by atoms with Crippen molar-refractivity contribution in [3.8, 4) is 23.0 Å². The molecule has 0 aliphatic carbocycles. The summed E-state index contributed by atoms with van der Waals surface area (Å²) in [6.45, 7) is 3.50. The van der Waals surface area contributed by atoms with E-state index in [9.17, 15) is 24.0 Å². The van der Waals surface area contributed by atoms with E-state index in [2.05, 4.69) is 20.1 Å². The summed E-state index contributed by atoms with van der Waals surface area (Å²) in [6.07, 6.45) is 2.37. The van der Waals surface area contributed by atoms with Crippen LogP contribution in [0.25, 0.3) is 17.0 Å². The Labute approximate surface area is 276 Å². The summed E-state index contributed by atoms with van der Waals surface area (Å²) in [6, 6.07) is 5.63. The quantitative estimate of drug-likeness (QED) is 0.183. The second-order valence-electron chi connectivity index (χ2n) is 11.1. The summed E-state index contributed by atoms with van der Waals surface area (Å²) in [5, 5.41) is 23.0. The van der Waals surface area contributed by atoms with Gasteiger partial charge in [-0.05, 0) is 64.2 Å². The maximum Gasteiger partial charge on any atom is 0.413 e. The van der Waals surface area contributed by atoms with Crippen LogP contribution in [0, 0.1) is 0 Å². The number of carbonyl (C=O) groups is 5. The number of hydrogen-bond acceptors (Lipinski definition) is 10. The van der Waals surface area contributed by atoms with Crippen molar-refractivity contribution < 1.29 is 53.1 Å². The number of Topliss-reactive ketones (excluding diaryl/α,β-unsaturated/α-hetero) is 1. The number of aromatic nitrogens is 1. The van der Waals surface area contributed by atoms with Crippen LogP contribution in [0.5, 0.6) is 23.0 Å². The fourth-order valence-electron chi connectivity index (χ4n) is 5.35. The van der Waals surface area contributed by atoms with Gasteiger partial charge in [-0.15, -0.1) is 0 Å². The lowest BCUT2D eigenvalue weighted by Gasteiger charge is -2.20. The van der Waals surface area contributed by atoms with Gasteiger partial charge in [-0.2, -0.15) is 0 Å². The van der Waals surface area contributed by atoms with Crippen molar-refractivity contribution in [3.05, 3.63) is 52.4 Å². The molecule has 1 aliphatic heterocycles. The molecule has 15 nitrogen and oxygen atoms in total. The normalized spacial score (nSPS) is 13.0. The van der Waals surface area contributed by atoms with Gasteiger partial charge in [0.15, 0.2) is 11.5 Å². The number of nitrogens with zero attached hydrogens (tertiary/aromatic N) is 2. The number of rotatable bonds is 14. The molecule has 4 rings (SSSR count). The summed E-state index contributed by atoms with van der Waals surface area (Å²) < 4.78 is 24.7. The predicted octanol–water partition coefficient (Wildman–Crippen LogP) is 3.69. The number of carbonyl (C=O) groups excluding carboxylic acids is 3. The monoisotopic (exact) mass is 666 g/mol. The van der Waals surface area contributed by atoms with Gasteiger partial charge in [0.05, 0.1) is 7.11 Å². The highest BCUT2D eigenvalue weighted by Gasteiger charge is 2.39. The summed E-state index contributed by atoms with van der Waals surface area (Å²) in [4.78, 5) is 63.6. The molecular weight excluding hydrogens is 628 g/mol. The van der Waals surface area contributed by atoms with Crippen LogP contribution in [-0.4, -0.2) is 90.4 Å². The van der Waals surface area contributed by atoms with Crippen LogP contribution >= 0.6 is 0 Å². The Morgan fingerprint density at radius 2 is 1.58 bits per heavy atom. The molecule has 4 N–H and O–H groups in total. The molecule has 1 aromatic heterocycles. The molecule has 0 unspecified atom stereocenters. The lowest BCUT2D eigenvalue weighted by Crippen LogP contribution is -2.33. The van der Waals surface area contributed by atoms with E-state index in [-0.39, 0.29) is 47.0 Å². The largest absolute Gasteiger partial charge is 0.497 e.